The van der Waals surface area contributed by atoms with Gasteiger partial charge in [0.15, 0.2) is 11.9 Å². The van der Waals surface area contributed by atoms with Crippen LogP contribution in [0, 0.1) is 10.8 Å². The van der Waals surface area contributed by atoms with E-state index in [0.717, 1.165) is 13.8 Å². The number of aliphatic carboxylic acids is 2. The predicted octanol–water partition coefficient (Wildman–Crippen LogP) is -6.12. The highest BCUT2D eigenvalue weighted by atomic mass is 16.4. The van der Waals surface area contributed by atoms with E-state index in [9.17, 15) is 68.4 Å². The Balaban J connectivity index is 2.24. The average Bonchev–Trinajstić information content (AvgIpc) is 3.35. The molecule has 0 aliphatic carbocycles. The second-order valence-corrected chi connectivity index (χ2v) is 17.8. The van der Waals surface area contributed by atoms with E-state index < -0.39 is 139 Å². The number of nitrogens with one attached hydrogen (secondary N) is 12. The zero-order valence-electron chi connectivity index (χ0n) is 42.6. The molecule has 0 bridgehead atoms. The van der Waals surface area contributed by atoms with Gasteiger partial charge in [-0.1, -0.05) is 42.5 Å². The van der Waals surface area contributed by atoms with Crippen molar-refractivity contribution in [3.05, 3.63) is 65.7 Å². The van der Waals surface area contributed by atoms with Crippen molar-refractivity contribution >= 4 is 71.1 Å². The van der Waals surface area contributed by atoms with Gasteiger partial charge in [-0.3, -0.25) is 54.0 Å². The van der Waals surface area contributed by atoms with Gasteiger partial charge in [0.05, 0.1) is 31.2 Å². The highest BCUT2D eigenvalue weighted by molar-refractivity contribution is 5.98. The van der Waals surface area contributed by atoms with E-state index in [1.807, 2.05) is 0 Å². The molecule has 0 radical (unpaired) electrons. The molecule has 2 rings (SSSR count). The van der Waals surface area contributed by atoms with E-state index >= 15 is 0 Å². The molecule has 2 aromatic rings. The van der Waals surface area contributed by atoms with Crippen LogP contribution in [-0.4, -0.2) is 177 Å². The third kappa shape index (κ3) is 24.5. The van der Waals surface area contributed by atoms with Gasteiger partial charge in [-0.25, -0.2) is 4.79 Å². The number of carboxylic acids is 2. The molecule has 8 amide bonds. The van der Waals surface area contributed by atoms with Gasteiger partial charge in [0.2, 0.25) is 47.3 Å². The van der Waals surface area contributed by atoms with Crippen LogP contribution in [0.3, 0.4) is 0 Å². The van der Waals surface area contributed by atoms with Crippen LogP contribution >= 0.6 is 0 Å². The van der Waals surface area contributed by atoms with Crippen LogP contribution in [0.1, 0.15) is 64.0 Å². The molecule has 0 fully saturated rings. The number of phenolic OH excluding ortho intramolecular Hbond substituents is 1. The number of benzene rings is 2. The molecule has 0 aliphatic rings. The fraction of sp³-hybridized carbons (Fsp3) is 0.489. The smallest absolute Gasteiger partial charge is 0.326 e. The maximum absolute atomic E-state index is 13.8. The Labute approximate surface area is 442 Å². The number of carbonyl (C=O) groups is 10. The van der Waals surface area contributed by atoms with Gasteiger partial charge in [0.25, 0.3) is 0 Å². The molecule has 23 N–H and O–H groups in total. The zero-order valence-corrected chi connectivity index (χ0v) is 42.6. The van der Waals surface area contributed by atoms with Gasteiger partial charge in [-0.05, 0) is 69.7 Å². The lowest BCUT2D eigenvalue weighted by molar-refractivity contribution is -0.142. The number of rotatable bonds is 33. The maximum Gasteiger partial charge on any atom is 0.326 e. The van der Waals surface area contributed by atoms with Crippen LogP contribution in [-0.2, 0) is 60.8 Å². The molecule has 0 spiro atoms. The molecular formula is C47H71N15O15. The van der Waals surface area contributed by atoms with E-state index in [4.69, 9.17) is 33.1 Å². The summed E-state index contributed by atoms with van der Waals surface area (Å²) in [6, 6.07) is 1.47. The number of hydrogen-bond acceptors (Lipinski definition) is 16. The number of amides is 8. The Bertz CT molecular complexity index is 2380. The molecule has 0 heterocycles. The molecule has 0 aliphatic heterocycles. The number of phenols is 1. The highest BCUT2D eigenvalue weighted by Gasteiger charge is 2.36. The van der Waals surface area contributed by atoms with Crippen LogP contribution in [0.15, 0.2) is 54.6 Å². The summed E-state index contributed by atoms with van der Waals surface area (Å²) < 4.78 is 0. The number of guanidine groups is 2. The largest absolute Gasteiger partial charge is 0.508 e. The van der Waals surface area contributed by atoms with Gasteiger partial charge >= 0.3 is 11.9 Å². The molecular weight excluding hydrogens is 1010 g/mol. The molecule has 2 aromatic carbocycles. The number of carbonyl (C=O) groups excluding carboxylic acids is 8. The van der Waals surface area contributed by atoms with E-state index in [0.29, 0.717) is 11.1 Å². The van der Waals surface area contributed by atoms with Crippen molar-refractivity contribution in [3.63, 3.8) is 0 Å². The van der Waals surface area contributed by atoms with Gasteiger partial charge in [-0.15, -0.1) is 0 Å². The lowest BCUT2D eigenvalue weighted by Crippen LogP contribution is -2.62. The van der Waals surface area contributed by atoms with E-state index in [-0.39, 0.29) is 63.3 Å². The number of carboxylic acid groups (broad SMARTS) is 2. The van der Waals surface area contributed by atoms with Crippen molar-refractivity contribution in [3.8, 4) is 5.75 Å². The number of aliphatic hydroxyl groups excluding tert-OH is 2. The quantitative estimate of drug-likeness (QED) is 0.0180. The maximum atomic E-state index is 13.8. The summed E-state index contributed by atoms with van der Waals surface area (Å²) in [5, 5.41) is 88.3. The minimum atomic E-state index is -1.85. The lowest BCUT2D eigenvalue weighted by atomic mass is 10.0. The molecule has 10 atom stereocenters. The third-order valence-electron chi connectivity index (χ3n) is 11.2. The summed E-state index contributed by atoms with van der Waals surface area (Å²) in [7, 11) is 0. The fourth-order valence-corrected chi connectivity index (χ4v) is 7.06. The lowest BCUT2D eigenvalue weighted by Gasteiger charge is -2.28. The van der Waals surface area contributed by atoms with Crippen molar-refractivity contribution in [1.82, 2.24) is 53.2 Å². The molecule has 0 unspecified atom stereocenters. The molecule has 0 saturated carbocycles. The molecule has 424 valence electrons. The summed E-state index contributed by atoms with van der Waals surface area (Å²) in [4.78, 5) is 131. The Kier molecular flexibility index (Phi) is 27.3. The Hall–Kier alpha value is -8.64. The molecule has 30 heteroatoms. The van der Waals surface area contributed by atoms with Gasteiger partial charge in [0.1, 0.15) is 48.0 Å². The third-order valence-corrected chi connectivity index (χ3v) is 11.2. The minimum absolute atomic E-state index is 0.0486. The Morgan fingerprint density at radius 3 is 1.51 bits per heavy atom. The second kappa shape index (κ2) is 32.6. The molecule has 77 heavy (non-hydrogen) atoms. The standard InChI is InChI=1S/C47H71N15O15/c1-23(38(69)60-33(45(76)77)20-27-13-15-28(65)16-14-27)56-42(73)32(19-26-9-5-4-6-10-26)59-43(74)37(25(3)64)62-44(75)36(24(2)63)61-34(66)22-55-40(71)30(11-7-17-53-46(49)50)58-41(72)31(12-8-18-54-47(51)52)57-39(70)29(48)21-35(67)68/h4-6,9-10,13-16,23-25,29-33,36-37,63-65H,7-8,11-12,17-22,48H2,1-3H3,(H,55,71)(H,56,73)(H,57,70)(H,58,72)(H,59,74)(H,60,69)(H,61,66)(H,62,75)(H,67,68)(H,76,77)(H4,49,50,53)(H4,51,52,54)/t23-,24+,25+,29-,30-,31-,32-,33-,36-,37-/m0/s1. The summed E-state index contributed by atoms with van der Waals surface area (Å²) in [5.74, 6) is -11.8. The zero-order chi connectivity index (χ0) is 57.9. The van der Waals surface area contributed by atoms with Crippen molar-refractivity contribution in [2.24, 2.45) is 17.2 Å². The number of hydrogen-bond donors (Lipinski definition) is 20. The van der Waals surface area contributed by atoms with Crippen molar-refractivity contribution in [1.29, 1.82) is 10.8 Å². The first-order valence-corrected chi connectivity index (χ1v) is 24.1. The summed E-state index contributed by atoms with van der Waals surface area (Å²) in [6.07, 6.45) is -4.54. The normalized spacial score (nSPS) is 14.7. The van der Waals surface area contributed by atoms with Crippen LogP contribution in [0.4, 0.5) is 0 Å². The first-order chi connectivity index (χ1) is 36.2. The Morgan fingerprint density at radius 1 is 0.532 bits per heavy atom. The van der Waals surface area contributed by atoms with E-state index in [1.54, 1.807) is 30.3 Å². The molecule has 0 saturated heterocycles. The number of nitrogens with two attached hydrogens (primary N) is 3. The van der Waals surface area contributed by atoms with Gasteiger partial charge < -0.3 is 95.9 Å². The first-order valence-electron chi connectivity index (χ1n) is 24.1. The van der Waals surface area contributed by atoms with Crippen LogP contribution in [0.5, 0.6) is 5.75 Å². The molecule has 0 aromatic heterocycles. The van der Waals surface area contributed by atoms with Gasteiger partial charge in [0, 0.05) is 25.9 Å². The summed E-state index contributed by atoms with van der Waals surface area (Å²) in [5.41, 5.74) is 17.3. The fourth-order valence-electron chi connectivity index (χ4n) is 7.06. The van der Waals surface area contributed by atoms with Crippen molar-refractivity contribution < 1.29 is 73.5 Å². The van der Waals surface area contributed by atoms with Crippen LogP contribution < -0.4 is 70.4 Å². The highest BCUT2D eigenvalue weighted by Crippen LogP contribution is 2.12. The number of aliphatic hydroxyl groups is 2. The van der Waals surface area contributed by atoms with Crippen LogP contribution in [0.2, 0.25) is 0 Å². The predicted molar refractivity (Wildman–Crippen MR) is 274 cm³/mol. The van der Waals surface area contributed by atoms with Crippen LogP contribution in [0.25, 0.3) is 0 Å². The average molecular weight is 1090 g/mol. The SMILES string of the molecule is C[C@H](NC(=O)[C@H](Cc1ccccc1)NC(=O)[C@@H](NC(=O)[C@@H](NC(=O)CNC(=O)[C@H](CCCNC(=N)N)NC(=O)[C@H](CCCNC(=N)N)NC(=O)[C@@H](N)CC(=O)O)[C@@H](C)O)[C@@H](C)O)C(=O)N[C@@H](Cc1ccc(O)cc1)C(=O)O. The topological polar surface area (TPSA) is 518 Å². The van der Waals surface area contributed by atoms with Crippen molar-refractivity contribution in [2.75, 3.05) is 19.6 Å². The van der Waals surface area contributed by atoms with E-state index in [2.05, 4.69) is 53.2 Å². The minimum Gasteiger partial charge on any atom is -0.508 e. The van der Waals surface area contributed by atoms with Crippen molar-refractivity contribution in [2.45, 2.75) is 126 Å². The van der Waals surface area contributed by atoms with E-state index in [1.165, 1.54) is 31.2 Å². The number of aromatic hydroxyl groups is 1. The molecule has 30 nitrogen and oxygen atoms in total. The second-order valence-electron chi connectivity index (χ2n) is 17.8. The summed E-state index contributed by atoms with van der Waals surface area (Å²) in [6.45, 7) is 2.73. The van der Waals surface area contributed by atoms with Gasteiger partial charge in [-0.2, -0.15) is 0 Å². The monoisotopic (exact) mass is 1090 g/mol. The Morgan fingerprint density at radius 2 is 0.987 bits per heavy atom. The first kappa shape index (κ1) is 64.5. The summed E-state index contributed by atoms with van der Waals surface area (Å²) >= 11 is 0.